The lowest BCUT2D eigenvalue weighted by Crippen LogP contribution is -2.16. The van der Waals surface area contributed by atoms with Gasteiger partial charge < -0.3 is 15.8 Å². The first-order valence-corrected chi connectivity index (χ1v) is 5.51. The third-order valence-corrected chi connectivity index (χ3v) is 2.83. The first kappa shape index (κ1) is 11.7. The number of aromatic nitrogens is 1. The molecule has 0 saturated carbocycles. The van der Waals surface area contributed by atoms with Crippen molar-refractivity contribution in [1.29, 1.82) is 0 Å². The number of amides is 1. The fraction of sp³-hybridized carbons (Fsp3) is 0.231. The maximum atomic E-state index is 11.0. The Morgan fingerprint density at radius 2 is 2.24 bits per heavy atom. The van der Waals surface area contributed by atoms with Crippen molar-refractivity contribution in [3.05, 3.63) is 42.4 Å². The molecule has 0 fully saturated rings. The molecule has 0 saturated heterocycles. The van der Waals surface area contributed by atoms with Gasteiger partial charge in [0.05, 0.1) is 0 Å². The van der Waals surface area contributed by atoms with Crippen molar-refractivity contribution in [3.8, 4) is 0 Å². The largest absolute Gasteiger partial charge is 0.396 e. The molecule has 2 rings (SSSR count). The van der Waals surface area contributed by atoms with Crippen LogP contribution in [0.3, 0.4) is 0 Å². The van der Waals surface area contributed by atoms with Gasteiger partial charge in [-0.2, -0.15) is 0 Å². The molecule has 0 bridgehead atoms. The van der Waals surface area contributed by atoms with Crippen LogP contribution in [0, 0.1) is 6.42 Å². The lowest BCUT2D eigenvalue weighted by molar-refractivity contribution is -0.118. The molecule has 1 aromatic carbocycles. The molecule has 17 heavy (non-hydrogen) atoms. The van der Waals surface area contributed by atoms with Gasteiger partial charge in [-0.25, -0.2) is 0 Å². The minimum absolute atomic E-state index is 0.0720. The highest BCUT2D eigenvalue weighted by Gasteiger charge is 2.17. The van der Waals surface area contributed by atoms with Crippen molar-refractivity contribution in [2.75, 3.05) is 6.61 Å². The number of nitrogens with one attached hydrogen (secondary N) is 1. The Kier molecular flexibility index (Phi) is 3.44. The molecule has 1 amide bonds. The molecular weight excluding hydrogens is 216 g/mol. The Morgan fingerprint density at radius 3 is 2.94 bits per heavy atom. The second-order valence-electron chi connectivity index (χ2n) is 3.98. The summed E-state index contributed by atoms with van der Waals surface area (Å²) >= 11 is 0. The van der Waals surface area contributed by atoms with Crippen LogP contribution in [-0.2, 0) is 4.79 Å². The standard InChI is InChI=1S/C13H15N2O2/c14-13(17)7-9(5-6-16)11-8-15-12-4-2-1-3-10(11)12/h1-5,8-9,15-16H,6-7H2,(H2,14,17)/t9-/m1/s1. The second kappa shape index (κ2) is 5.01. The highest BCUT2D eigenvalue weighted by Crippen LogP contribution is 2.29. The Morgan fingerprint density at radius 1 is 1.47 bits per heavy atom. The smallest absolute Gasteiger partial charge is 0.218 e. The zero-order chi connectivity index (χ0) is 12.3. The average molecular weight is 231 g/mol. The van der Waals surface area contributed by atoms with Crippen LogP contribution in [0.5, 0.6) is 0 Å². The molecule has 4 heteroatoms. The van der Waals surface area contributed by atoms with Crippen molar-refractivity contribution in [2.45, 2.75) is 12.3 Å². The van der Waals surface area contributed by atoms with E-state index in [1.165, 1.54) is 0 Å². The van der Waals surface area contributed by atoms with Gasteiger partial charge in [0.1, 0.15) is 0 Å². The minimum Gasteiger partial charge on any atom is -0.396 e. The SMILES string of the molecule is NC(=O)C[C@@H]([CH]CO)c1c[nH]c2ccccc12. The zero-order valence-electron chi connectivity index (χ0n) is 9.39. The normalized spacial score (nSPS) is 12.8. The van der Waals surface area contributed by atoms with E-state index in [4.69, 9.17) is 10.8 Å². The third kappa shape index (κ3) is 2.47. The van der Waals surface area contributed by atoms with Crippen LogP contribution in [0.4, 0.5) is 0 Å². The quantitative estimate of drug-likeness (QED) is 0.725. The van der Waals surface area contributed by atoms with Gasteiger partial charge in [-0.1, -0.05) is 18.2 Å². The number of hydrogen-bond donors (Lipinski definition) is 3. The summed E-state index contributed by atoms with van der Waals surface area (Å²) in [4.78, 5) is 14.2. The Labute approximate surface area is 99.4 Å². The number of aliphatic hydroxyl groups excluding tert-OH is 1. The maximum absolute atomic E-state index is 11.0. The monoisotopic (exact) mass is 231 g/mol. The van der Waals surface area contributed by atoms with E-state index in [-0.39, 0.29) is 24.9 Å². The zero-order valence-corrected chi connectivity index (χ0v) is 9.39. The minimum atomic E-state index is -0.370. The number of aromatic amines is 1. The number of benzene rings is 1. The molecule has 0 spiro atoms. The Bertz CT molecular complexity index is 519. The van der Waals surface area contributed by atoms with Crippen molar-refractivity contribution in [3.63, 3.8) is 0 Å². The van der Waals surface area contributed by atoms with Gasteiger partial charge in [-0.3, -0.25) is 4.79 Å². The molecule has 2 aromatic rings. The Balaban J connectivity index is 2.37. The highest BCUT2D eigenvalue weighted by molar-refractivity contribution is 5.85. The van der Waals surface area contributed by atoms with Gasteiger partial charge in [0.15, 0.2) is 0 Å². The van der Waals surface area contributed by atoms with Gasteiger partial charge in [0.25, 0.3) is 0 Å². The van der Waals surface area contributed by atoms with Crippen LogP contribution in [0.2, 0.25) is 0 Å². The van der Waals surface area contributed by atoms with Crippen LogP contribution in [0.1, 0.15) is 17.9 Å². The molecular formula is C13H15N2O2. The molecule has 0 aliphatic rings. The van der Waals surface area contributed by atoms with Crippen molar-refractivity contribution < 1.29 is 9.90 Å². The number of H-pyrrole nitrogens is 1. The Hall–Kier alpha value is -1.81. The molecule has 4 N–H and O–H groups in total. The molecule has 1 atom stereocenters. The van der Waals surface area contributed by atoms with Crippen LogP contribution in [0.25, 0.3) is 10.9 Å². The highest BCUT2D eigenvalue weighted by atomic mass is 16.3. The predicted molar refractivity (Wildman–Crippen MR) is 66.2 cm³/mol. The van der Waals surface area contributed by atoms with Gasteiger partial charge in [0, 0.05) is 36.0 Å². The van der Waals surface area contributed by atoms with Crippen LogP contribution < -0.4 is 5.73 Å². The van der Waals surface area contributed by atoms with E-state index in [2.05, 4.69) is 4.98 Å². The summed E-state index contributed by atoms with van der Waals surface area (Å²) in [6.07, 6.45) is 3.77. The number of fused-ring (bicyclic) bond motifs is 1. The van der Waals surface area contributed by atoms with Gasteiger partial charge >= 0.3 is 0 Å². The van der Waals surface area contributed by atoms with E-state index >= 15 is 0 Å². The molecule has 0 unspecified atom stereocenters. The summed E-state index contributed by atoms with van der Waals surface area (Å²) in [5.41, 5.74) is 7.23. The first-order valence-electron chi connectivity index (χ1n) is 5.51. The summed E-state index contributed by atoms with van der Waals surface area (Å²) in [5.74, 6) is -0.515. The summed E-state index contributed by atoms with van der Waals surface area (Å²) in [6, 6.07) is 7.85. The molecule has 1 radical (unpaired) electrons. The number of carbonyl (C=O) groups is 1. The lowest BCUT2D eigenvalue weighted by Gasteiger charge is -2.12. The summed E-state index contributed by atoms with van der Waals surface area (Å²) in [7, 11) is 0. The number of rotatable bonds is 5. The maximum Gasteiger partial charge on any atom is 0.218 e. The number of carbonyl (C=O) groups excluding carboxylic acids is 1. The van der Waals surface area contributed by atoms with Gasteiger partial charge in [-0.15, -0.1) is 0 Å². The predicted octanol–water partition coefficient (Wildman–Crippen LogP) is 1.32. The number of aliphatic hydroxyl groups is 1. The van der Waals surface area contributed by atoms with E-state index in [1.54, 1.807) is 6.42 Å². The van der Waals surface area contributed by atoms with Crippen molar-refractivity contribution in [1.82, 2.24) is 4.98 Å². The van der Waals surface area contributed by atoms with E-state index in [1.807, 2.05) is 30.5 Å². The number of hydrogen-bond acceptors (Lipinski definition) is 2. The summed E-state index contributed by atoms with van der Waals surface area (Å²) in [5, 5.41) is 10.1. The van der Waals surface area contributed by atoms with E-state index in [0.717, 1.165) is 16.5 Å². The molecule has 1 aromatic heterocycles. The molecule has 0 aliphatic heterocycles. The van der Waals surface area contributed by atoms with E-state index < -0.39 is 0 Å². The molecule has 89 valence electrons. The molecule has 1 heterocycles. The number of primary amides is 1. The number of para-hydroxylation sites is 1. The third-order valence-electron chi connectivity index (χ3n) is 2.83. The second-order valence-corrected chi connectivity index (χ2v) is 3.98. The first-order chi connectivity index (χ1) is 8.22. The van der Waals surface area contributed by atoms with Crippen molar-refractivity contribution in [2.24, 2.45) is 5.73 Å². The van der Waals surface area contributed by atoms with E-state index in [0.29, 0.717) is 0 Å². The topological polar surface area (TPSA) is 79.1 Å². The van der Waals surface area contributed by atoms with Crippen LogP contribution >= 0.6 is 0 Å². The van der Waals surface area contributed by atoms with Crippen LogP contribution in [-0.4, -0.2) is 22.6 Å². The fourth-order valence-corrected chi connectivity index (χ4v) is 2.06. The van der Waals surface area contributed by atoms with Gasteiger partial charge in [-0.05, 0) is 18.1 Å². The fourth-order valence-electron chi connectivity index (χ4n) is 2.06. The molecule has 4 nitrogen and oxygen atoms in total. The van der Waals surface area contributed by atoms with Gasteiger partial charge in [0.2, 0.25) is 5.91 Å². The average Bonchev–Trinajstić information content (AvgIpc) is 2.71. The molecule has 0 aliphatic carbocycles. The lowest BCUT2D eigenvalue weighted by atomic mass is 9.92. The summed E-state index contributed by atoms with van der Waals surface area (Å²) < 4.78 is 0. The van der Waals surface area contributed by atoms with Crippen LogP contribution in [0.15, 0.2) is 30.5 Å². The number of nitrogens with two attached hydrogens (primary N) is 1. The summed E-state index contributed by atoms with van der Waals surface area (Å²) in [6.45, 7) is -0.0720. The van der Waals surface area contributed by atoms with Crippen molar-refractivity contribution >= 4 is 16.8 Å². The van der Waals surface area contributed by atoms with E-state index in [9.17, 15) is 4.79 Å².